The summed E-state index contributed by atoms with van der Waals surface area (Å²) in [7, 11) is 0. The van der Waals surface area contributed by atoms with Crippen LogP contribution in [-0.2, 0) is 16.1 Å². The highest BCUT2D eigenvalue weighted by Crippen LogP contribution is 2.22. The Hall–Kier alpha value is -1.59. The van der Waals surface area contributed by atoms with Gasteiger partial charge in [0.1, 0.15) is 0 Å². The first kappa shape index (κ1) is 21.5. The number of halogens is 1. The summed E-state index contributed by atoms with van der Waals surface area (Å²) in [5, 5.41) is 3.08. The van der Waals surface area contributed by atoms with E-state index >= 15 is 0 Å². The smallest absolute Gasteiger partial charge is 0.225 e. The highest BCUT2D eigenvalue weighted by atomic mass is 35.5. The first-order valence-electron chi connectivity index (χ1n) is 8.67. The van der Waals surface area contributed by atoms with Crippen molar-refractivity contribution in [1.82, 2.24) is 10.2 Å². The van der Waals surface area contributed by atoms with E-state index in [1.807, 2.05) is 37.3 Å². The average Bonchev–Trinajstić information content (AvgIpc) is 2.89. The van der Waals surface area contributed by atoms with E-state index in [9.17, 15) is 9.59 Å². The quantitative estimate of drug-likeness (QED) is 0.776. The summed E-state index contributed by atoms with van der Waals surface area (Å²) >= 11 is 0. The standard InChI is InChI=1S/C19H29N3O2.ClH/c1-14(2)10-19(3,13-20)21-18(24)16-9-17(23)22(12-16)11-15-7-5-4-6-8-15;/h4-8,14,16H,9-13,20H2,1-3H3,(H,21,24);1H. The number of likely N-dealkylation sites (tertiary alicyclic amines) is 1. The molecule has 140 valence electrons. The van der Waals surface area contributed by atoms with Crippen LogP contribution in [0, 0.1) is 11.8 Å². The van der Waals surface area contributed by atoms with Gasteiger partial charge in [0.15, 0.2) is 0 Å². The van der Waals surface area contributed by atoms with E-state index in [1.54, 1.807) is 4.90 Å². The fourth-order valence-corrected chi connectivity index (χ4v) is 3.39. The minimum absolute atomic E-state index is 0. The molecular formula is C19H30ClN3O2. The number of nitrogens with zero attached hydrogens (tertiary/aromatic N) is 1. The maximum absolute atomic E-state index is 12.6. The molecule has 2 amide bonds. The summed E-state index contributed by atoms with van der Waals surface area (Å²) in [6.07, 6.45) is 1.10. The summed E-state index contributed by atoms with van der Waals surface area (Å²) in [5.74, 6) is 0.128. The number of rotatable bonds is 7. The molecule has 2 rings (SSSR count). The van der Waals surface area contributed by atoms with Crippen molar-refractivity contribution < 1.29 is 9.59 Å². The highest BCUT2D eigenvalue weighted by molar-refractivity contribution is 5.89. The third-order valence-electron chi connectivity index (χ3n) is 4.54. The van der Waals surface area contributed by atoms with Crippen LogP contribution in [-0.4, -0.2) is 35.3 Å². The molecule has 5 nitrogen and oxygen atoms in total. The van der Waals surface area contributed by atoms with Crippen LogP contribution in [0.15, 0.2) is 30.3 Å². The van der Waals surface area contributed by atoms with Crippen molar-refractivity contribution in [3.05, 3.63) is 35.9 Å². The zero-order valence-electron chi connectivity index (χ0n) is 15.3. The molecule has 0 radical (unpaired) electrons. The van der Waals surface area contributed by atoms with Gasteiger partial charge in [-0.2, -0.15) is 0 Å². The van der Waals surface area contributed by atoms with Crippen molar-refractivity contribution in [3.8, 4) is 0 Å². The van der Waals surface area contributed by atoms with Gasteiger partial charge in [0.25, 0.3) is 0 Å². The largest absolute Gasteiger partial charge is 0.349 e. The van der Waals surface area contributed by atoms with Crippen molar-refractivity contribution in [2.24, 2.45) is 17.6 Å². The lowest BCUT2D eigenvalue weighted by atomic mass is 9.90. The van der Waals surface area contributed by atoms with Gasteiger partial charge in [0.2, 0.25) is 11.8 Å². The number of amides is 2. The van der Waals surface area contributed by atoms with Gasteiger partial charge in [0.05, 0.1) is 5.92 Å². The number of hydrogen-bond donors (Lipinski definition) is 2. The van der Waals surface area contributed by atoms with E-state index in [-0.39, 0.29) is 36.6 Å². The number of hydrogen-bond acceptors (Lipinski definition) is 3. The molecule has 0 bridgehead atoms. The molecular weight excluding hydrogens is 338 g/mol. The molecule has 1 fully saturated rings. The third-order valence-corrected chi connectivity index (χ3v) is 4.54. The second kappa shape index (κ2) is 9.20. The fraction of sp³-hybridized carbons (Fsp3) is 0.579. The topological polar surface area (TPSA) is 75.4 Å². The predicted molar refractivity (Wildman–Crippen MR) is 102 cm³/mol. The number of nitrogens with two attached hydrogens (primary N) is 1. The van der Waals surface area contributed by atoms with E-state index < -0.39 is 5.54 Å². The molecule has 1 heterocycles. The van der Waals surface area contributed by atoms with Crippen LogP contribution in [0.3, 0.4) is 0 Å². The number of carbonyl (C=O) groups excluding carboxylic acids is 2. The maximum Gasteiger partial charge on any atom is 0.225 e. The zero-order valence-corrected chi connectivity index (χ0v) is 16.1. The molecule has 2 unspecified atom stereocenters. The molecule has 0 aromatic heterocycles. The van der Waals surface area contributed by atoms with Gasteiger partial charge < -0.3 is 16.0 Å². The molecule has 1 saturated heterocycles. The van der Waals surface area contributed by atoms with Gasteiger partial charge in [-0.3, -0.25) is 9.59 Å². The van der Waals surface area contributed by atoms with Crippen molar-refractivity contribution >= 4 is 24.2 Å². The van der Waals surface area contributed by atoms with Crippen LogP contribution < -0.4 is 11.1 Å². The summed E-state index contributed by atoms with van der Waals surface area (Å²) in [5.41, 5.74) is 6.53. The zero-order chi connectivity index (χ0) is 17.7. The summed E-state index contributed by atoms with van der Waals surface area (Å²) in [4.78, 5) is 26.6. The molecule has 0 saturated carbocycles. The molecule has 0 spiro atoms. The van der Waals surface area contributed by atoms with Crippen molar-refractivity contribution in [2.45, 2.75) is 45.7 Å². The third kappa shape index (κ3) is 6.01. The maximum atomic E-state index is 12.6. The van der Waals surface area contributed by atoms with Gasteiger partial charge in [0, 0.05) is 31.6 Å². The Morgan fingerprint density at radius 1 is 1.36 bits per heavy atom. The van der Waals surface area contributed by atoms with Crippen LogP contribution in [0.5, 0.6) is 0 Å². The monoisotopic (exact) mass is 367 g/mol. The second-order valence-electron chi connectivity index (χ2n) is 7.51. The number of benzene rings is 1. The second-order valence-corrected chi connectivity index (χ2v) is 7.51. The van der Waals surface area contributed by atoms with E-state index in [4.69, 9.17) is 5.73 Å². The first-order chi connectivity index (χ1) is 11.3. The molecule has 25 heavy (non-hydrogen) atoms. The Balaban J connectivity index is 0.00000312. The lowest BCUT2D eigenvalue weighted by Gasteiger charge is -2.32. The van der Waals surface area contributed by atoms with Crippen LogP contribution in [0.2, 0.25) is 0 Å². The summed E-state index contributed by atoms with van der Waals surface area (Å²) in [6.45, 7) is 7.63. The Morgan fingerprint density at radius 3 is 2.56 bits per heavy atom. The summed E-state index contributed by atoms with van der Waals surface area (Å²) < 4.78 is 0. The van der Waals surface area contributed by atoms with Gasteiger partial charge in [-0.15, -0.1) is 12.4 Å². The predicted octanol–water partition coefficient (Wildman–Crippen LogP) is 2.34. The van der Waals surface area contributed by atoms with E-state index in [0.29, 0.717) is 25.6 Å². The lowest BCUT2D eigenvalue weighted by Crippen LogP contribution is -2.54. The van der Waals surface area contributed by atoms with Gasteiger partial charge in [-0.05, 0) is 24.8 Å². The van der Waals surface area contributed by atoms with Gasteiger partial charge in [-0.1, -0.05) is 44.2 Å². The Morgan fingerprint density at radius 2 is 2.00 bits per heavy atom. The van der Waals surface area contributed by atoms with Gasteiger partial charge in [-0.25, -0.2) is 0 Å². The van der Waals surface area contributed by atoms with Crippen molar-refractivity contribution in [2.75, 3.05) is 13.1 Å². The van der Waals surface area contributed by atoms with Crippen molar-refractivity contribution in [3.63, 3.8) is 0 Å². The average molecular weight is 368 g/mol. The number of nitrogens with one attached hydrogen (secondary N) is 1. The molecule has 3 N–H and O–H groups in total. The molecule has 0 aliphatic carbocycles. The highest BCUT2D eigenvalue weighted by Gasteiger charge is 2.37. The molecule has 2 atom stereocenters. The lowest BCUT2D eigenvalue weighted by molar-refractivity contribution is -0.129. The Bertz CT molecular complexity index is 579. The molecule has 1 aliphatic heterocycles. The van der Waals surface area contributed by atoms with Crippen LogP contribution in [0.4, 0.5) is 0 Å². The van der Waals surface area contributed by atoms with E-state index in [2.05, 4.69) is 19.2 Å². The first-order valence-corrected chi connectivity index (χ1v) is 8.67. The Labute approximate surface area is 156 Å². The summed E-state index contributed by atoms with van der Waals surface area (Å²) in [6, 6.07) is 9.86. The molecule has 1 aromatic rings. The van der Waals surface area contributed by atoms with Crippen LogP contribution in [0.1, 0.15) is 39.2 Å². The van der Waals surface area contributed by atoms with Crippen LogP contribution in [0.25, 0.3) is 0 Å². The molecule has 6 heteroatoms. The minimum atomic E-state index is -0.416. The SMILES string of the molecule is CC(C)CC(C)(CN)NC(=O)C1CC(=O)N(Cc2ccccc2)C1.Cl. The fourth-order valence-electron chi connectivity index (χ4n) is 3.39. The van der Waals surface area contributed by atoms with Crippen LogP contribution >= 0.6 is 12.4 Å². The molecule has 1 aromatic carbocycles. The Kier molecular flexibility index (Phi) is 7.90. The normalized spacial score (nSPS) is 19.5. The van der Waals surface area contributed by atoms with Gasteiger partial charge >= 0.3 is 0 Å². The molecule has 1 aliphatic rings. The van der Waals surface area contributed by atoms with E-state index in [1.165, 1.54) is 0 Å². The number of carbonyl (C=O) groups is 2. The van der Waals surface area contributed by atoms with E-state index in [0.717, 1.165) is 12.0 Å². The van der Waals surface area contributed by atoms with Crippen molar-refractivity contribution in [1.29, 1.82) is 0 Å². The minimum Gasteiger partial charge on any atom is -0.349 e.